The third-order valence-electron chi connectivity index (χ3n) is 2.23. The van der Waals surface area contributed by atoms with Gasteiger partial charge in [0.2, 0.25) is 0 Å². The van der Waals surface area contributed by atoms with E-state index in [-0.39, 0.29) is 11.0 Å². The van der Waals surface area contributed by atoms with Gasteiger partial charge in [0.25, 0.3) is 0 Å². The molecule has 0 aromatic heterocycles. The Hall–Kier alpha value is -0.130. The Morgan fingerprint density at radius 2 is 1.87 bits per heavy atom. The van der Waals surface area contributed by atoms with E-state index < -0.39 is 9.84 Å². The van der Waals surface area contributed by atoms with Gasteiger partial charge < -0.3 is 10.1 Å². The Balaban J connectivity index is 3.39. The summed E-state index contributed by atoms with van der Waals surface area (Å²) in [5.41, 5.74) is 0. The largest absolute Gasteiger partial charge is 0.385 e. The van der Waals surface area contributed by atoms with Gasteiger partial charge in [-0.25, -0.2) is 8.42 Å². The minimum atomic E-state index is -2.88. The number of unbranched alkanes of at least 4 members (excludes halogenated alkanes) is 1. The highest BCUT2D eigenvalue weighted by Gasteiger charge is 2.14. The summed E-state index contributed by atoms with van der Waals surface area (Å²) >= 11 is 0. The average molecular weight is 237 g/mol. The molecule has 4 nitrogen and oxygen atoms in total. The maximum Gasteiger partial charge on any atom is 0.153 e. The predicted octanol–water partition coefficient (Wildman–Crippen LogP) is 0.826. The summed E-state index contributed by atoms with van der Waals surface area (Å²) < 4.78 is 27.7. The summed E-state index contributed by atoms with van der Waals surface area (Å²) in [7, 11) is -1.20. The van der Waals surface area contributed by atoms with E-state index in [1.165, 1.54) is 0 Å². The van der Waals surface area contributed by atoms with Gasteiger partial charge in [-0.2, -0.15) is 0 Å². The van der Waals surface area contributed by atoms with Crippen molar-refractivity contribution in [1.29, 1.82) is 0 Å². The highest BCUT2D eigenvalue weighted by atomic mass is 32.2. The number of methoxy groups -OCH3 is 1. The number of sulfone groups is 1. The molecule has 0 rings (SSSR count). The zero-order valence-corrected chi connectivity index (χ0v) is 10.8. The average Bonchev–Trinajstić information content (AvgIpc) is 2.16. The highest BCUT2D eigenvalue weighted by molar-refractivity contribution is 7.92. The number of rotatable bonds is 9. The van der Waals surface area contributed by atoms with Gasteiger partial charge in [-0.15, -0.1) is 0 Å². The van der Waals surface area contributed by atoms with E-state index in [1.54, 1.807) is 21.0 Å². The van der Waals surface area contributed by atoms with Crippen LogP contribution in [0.2, 0.25) is 0 Å². The normalized spacial score (nSPS) is 12.3. The Bertz CT molecular complexity index is 237. The van der Waals surface area contributed by atoms with E-state index in [9.17, 15) is 8.42 Å². The first-order valence-electron chi connectivity index (χ1n) is 5.42. The number of hydrogen-bond donors (Lipinski definition) is 1. The lowest BCUT2D eigenvalue weighted by atomic mass is 10.3. The van der Waals surface area contributed by atoms with Crippen LogP contribution in [-0.2, 0) is 14.6 Å². The fourth-order valence-electron chi connectivity index (χ4n) is 1.07. The molecule has 0 unspecified atom stereocenters. The van der Waals surface area contributed by atoms with Crippen molar-refractivity contribution in [1.82, 2.24) is 5.32 Å². The molecule has 0 spiro atoms. The Labute approximate surface area is 93.3 Å². The molecule has 0 aromatic carbocycles. The number of hydrogen-bond acceptors (Lipinski definition) is 4. The molecule has 0 radical (unpaired) electrons. The SMILES string of the molecule is COCCCCNCCS(=O)(=O)C(C)C. The van der Waals surface area contributed by atoms with Crippen LogP contribution in [0.5, 0.6) is 0 Å². The van der Waals surface area contributed by atoms with E-state index in [1.807, 2.05) is 0 Å². The molecule has 0 atom stereocenters. The summed E-state index contributed by atoms with van der Waals surface area (Å²) in [5.74, 6) is 0.231. The molecule has 0 aliphatic carbocycles. The number of ether oxygens (including phenoxy) is 1. The van der Waals surface area contributed by atoms with Gasteiger partial charge in [-0.1, -0.05) is 0 Å². The minimum Gasteiger partial charge on any atom is -0.385 e. The van der Waals surface area contributed by atoms with Crippen molar-refractivity contribution < 1.29 is 13.2 Å². The lowest BCUT2D eigenvalue weighted by Gasteiger charge is -2.08. The molecule has 0 saturated carbocycles. The monoisotopic (exact) mass is 237 g/mol. The summed E-state index contributed by atoms with van der Waals surface area (Å²) in [6.45, 7) is 5.61. The summed E-state index contributed by atoms with van der Waals surface area (Å²) in [4.78, 5) is 0. The topological polar surface area (TPSA) is 55.4 Å². The third kappa shape index (κ3) is 7.76. The van der Waals surface area contributed by atoms with Crippen molar-refractivity contribution in [3.63, 3.8) is 0 Å². The van der Waals surface area contributed by atoms with E-state index in [0.717, 1.165) is 26.0 Å². The Kier molecular flexibility index (Phi) is 8.00. The Morgan fingerprint density at radius 1 is 1.20 bits per heavy atom. The van der Waals surface area contributed by atoms with Crippen LogP contribution in [0.25, 0.3) is 0 Å². The molecular weight excluding hydrogens is 214 g/mol. The van der Waals surface area contributed by atoms with Crippen LogP contribution >= 0.6 is 0 Å². The van der Waals surface area contributed by atoms with E-state index in [2.05, 4.69) is 5.32 Å². The zero-order valence-electron chi connectivity index (χ0n) is 9.95. The maximum absolute atomic E-state index is 11.4. The second-order valence-corrected chi connectivity index (χ2v) is 6.54. The highest BCUT2D eigenvalue weighted by Crippen LogP contribution is 1.99. The Morgan fingerprint density at radius 3 is 2.40 bits per heavy atom. The minimum absolute atomic E-state index is 0.231. The quantitative estimate of drug-likeness (QED) is 0.603. The smallest absolute Gasteiger partial charge is 0.153 e. The van der Waals surface area contributed by atoms with Gasteiger partial charge in [0.15, 0.2) is 9.84 Å². The van der Waals surface area contributed by atoms with Gasteiger partial charge in [-0.05, 0) is 33.2 Å². The molecule has 0 fully saturated rings. The van der Waals surface area contributed by atoms with Crippen LogP contribution in [0.3, 0.4) is 0 Å². The molecule has 92 valence electrons. The van der Waals surface area contributed by atoms with Crippen LogP contribution in [0.4, 0.5) is 0 Å². The molecule has 0 amide bonds. The van der Waals surface area contributed by atoms with E-state index in [4.69, 9.17) is 4.74 Å². The summed E-state index contributed by atoms with van der Waals surface area (Å²) in [6.07, 6.45) is 2.04. The molecule has 0 bridgehead atoms. The fourth-order valence-corrected chi connectivity index (χ4v) is 1.97. The number of nitrogens with one attached hydrogen (secondary N) is 1. The second kappa shape index (κ2) is 8.07. The molecule has 0 aliphatic rings. The van der Waals surface area contributed by atoms with Crippen LogP contribution in [-0.4, -0.2) is 46.2 Å². The van der Waals surface area contributed by atoms with E-state index in [0.29, 0.717) is 6.54 Å². The molecule has 0 saturated heterocycles. The van der Waals surface area contributed by atoms with Crippen LogP contribution in [0, 0.1) is 0 Å². The van der Waals surface area contributed by atoms with Crippen LogP contribution in [0.1, 0.15) is 26.7 Å². The molecule has 0 aromatic rings. The first-order valence-corrected chi connectivity index (χ1v) is 7.13. The van der Waals surface area contributed by atoms with Crippen molar-refractivity contribution >= 4 is 9.84 Å². The standard InChI is InChI=1S/C10H23NO3S/c1-10(2)15(12,13)9-7-11-6-4-5-8-14-3/h10-11H,4-9H2,1-3H3. The van der Waals surface area contributed by atoms with Crippen molar-refractivity contribution in [2.45, 2.75) is 31.9 Å². The molecule has 0 aliphatic heterocycles. The maximum atomic E-state index is 11.4. The third-order valence-corrected chi connectivity index (χ3v) is 4.44. The molecule has 1 N–H and O–H groups in total. The zero-order chi connectivity index (χ0) is 11.7. The van der Waals surface area contributed by atoms with E-state index >= 15 is 0 Å². The van der Waals surface area contributed by atoms with Crippen molar-refractivity contribution in [2.24, 2.45) is 0 Å². The first kappa shape index (κ1) is 14.9. The molecule has 5 heteroatoms. The van der Waals surface area contributed by atoms with Crippen molar-refractivity contribution in [3.8, 4) is 0 Å². The van der Waals surface area contributed by atoms with Crippen molar-refractivity contribution in [3.05, 3.63) is 0 Å². The second-order valence-electron chi connectivity index (χ2n) is 3.87. The molecule has 15 heavy (non-hydrogen) atoms. The molecule has 0 heterocycles. The summed E-state index contributed by atoms with van der Waals surface area (Å²) in [6, 6.07) is 0. The van der Waals surface area contributed by atoms with Gasteiger partial charge in [0.1, 0.15) is 0 Å². The summed E-state index contributed by atoms with van der Waals surface area (Å²) in [5, 5.41) is 2.85. The van der Waals surface area contributed by atoms with Gasteiger partial charge in [0.05, 0.1) is 11.0 Å². The lowest BCUT2D eigenvalue weighted by molar-refractivity contribution is 0.192. The van der Waals surface area contributed by atoms with Gasteiger partial charge in [-0.3, -0.25) is 0 Å². The predicted molar refractivity (Wildman–Crippen MR) is 62.9 cm³/mol. The lowest BCUT2D eigenvalue weighted by Crippen LogP contribution is -2.27. The van der Waals surface area contributed by atoms with Crippen LogP contribution in [0.15, 0.2) is 0 Å². The van der Waals surface area contributed by atoms with Crippen molar-refractivity contribution in [2.75, 3.05) is 32.6 Å². The van der Waals surface area contributed by atoms with Gasteiger partial charge >= 0.3 is 0 Å². The molecular formula is C10H23NO3S. The first-order chi connectivity index (χ1) is 7.00. The van der Waals surface area contributed by atoms with Gasteiger partial charge in [0, 0.05) is 20.3 Å². The van der Waals surface area contributed by atoms with Crippen LogP contribution < -0.4 is 5.32 Å². The fraction of sp³-hybridized carbons (Fsp3) is 1.00.